The van der Waals surface area contributed by atoms with Gasteiger partial charge in [-0.15, -0.1) is 0 Å². The van der Waals surface area contributed by atoms with Crippen LogP contribution in [0.1, 0.15) is 30.9 Å². The highest BCUT2D eigenvalue weighted by Crippen LogP contribution is 2.14. The summed E-state index contributed by atoms with van der Waals surface area (Å²) in [5.41, 5.74) is 2.28. The molecule has 0 atom stereocenters. The van der Waals surface area contributed by atoms with Crippen molar-refractivity contribution in [3.63, 3.8) is 0 Å². The standard InChI is InChI=1S/C10H13N/c1-8(2)10-5-3-4-9(6-10)7-11/h3-8,11H,1-2H3. The second kappa shape index (κ2) is 3.33. The Bertz CT molecular complexity index is 251. The summed E-state index contributed by atoms with van der Waals surface area (Å²) in [6.45, 7) is 4.31. The minimum absolute atomic E-state index is 0.551. The SMILES string of the molecule is CC(C)c1cccc(C=N)c1. The van der Waals surface area contributed by atoms with Gasteiger partial charge in [0.15, 0.2) is 0 Å². The van der Waals surface area contributed by atoms with Gasteiger partial charge in [-0.05, 0) is 23.1 Å². The Kier molecular flexibility index (Phi) is 2.42. The van der Waals surface area contributed by atoms with Gasteiger partial charge in [-0.2, -0.15) is 0 Å². The first kappa shape index (κ1) is 7.99. The second-order valence-corrected chi connectivity index (χ2v) is 2.97. The van der Waals surface area contributed by atoms with Crippen LogP contribution >= 0.6 is 0 Å². The number of hydrogen-bond donors (Lipinski definition) is 1. The van der Waals surface area contributed by atoms with E-state index in [1.165, 1.54) is 11.8 Å². The van der Waals surface area contributed by atoms with Crippen molar-refractivity contribution in [2.45, 2.75) is 19.8 Å². The van der Waals surface area contributed by atoms with Gasteiger partial charge in [0.05, 0.1) is 0 Å². The van der Waals surface area contributed by atoms with E-state index in [1.807, 2.05) is 12.1 Å². The molecule has 0 saturated heterocycles. The van der Waals surface area contributed by atoms with Crippen molar-refractivity contribution in [2.75, 3.05) is 0 Å². The number of rotatable bonds is 2. The van der Waals surface area contributed by atoms with E-state index < -0.39 is 0 Å². The van der Waals surface area contributed by atoms with Crippen molar-refractivity contribution in [2.24, 2.45) is 0 Å². The highest BCUT2D eigenvalue weighted by atomic mass is 14.3. The van der Waals surface area contributed by atoms with E-state index in [9.17, 15) is 0 Å². The first-order valence-corrected chi connectivity index (χ1v) is 3.84. The fourth-order valence-corrected chi connectivity index (χ4v) is 1.01. The van der Waals surface area contributed by atoms with Crippen molar-refractivity contribution in [3.05, 3.63) is 35.4 Å². The maximum absolute atomic E-state index is 7.06. The van der Waals surface area contributed by atoms with Crippen LogP contribution < -0.4 is 0 Å². The van der Waals surface area contributed by atoms with E-state index in [1.54, 1.807) is 0 Å². The summed E-state index contributed by atoms with van der Waals surface area (Å²) in [6.07, 6.45) is 1.38. The molecule has 0 spiro atoms. The van der Waals surface area contributed by atoms with Crippen LogP contribution in [0.15, 0.2) is 24.3 Å². The van der Waals surface area contributed by atoms with Crippen molar-refractivity contribution >= 4 is 6.21 Å². The Labute approximate surface area is 67.6 Å². The molecule has 1 N–H and O–H groups in total. The Morgan fingerprint density at radius 2 is 2.09 bits per heavy atom. The van der Waals surface area contributed by atoms with Crippen LogP contribution in [0.3, 0.4) is 0 Å². The molecule has 11 heavy (non-hydrogen) atoms. The van der Waals surface area contributed by atoms with Gasteiger partial charge in [-0.1, -0.05) is 32.0 Å². The first-order chi connectivity index (χ1) is 5.24. The molecule has 1 nitrogen and oxygen atoms in total. The first-order valence-electron chi connectivity index (χ1n) is 3.84. The minimum atomic E-state index is 0.551. The van der Waals surface area contributed by atoms with Crippen molar-refractivity contribution < 1.29 is 0 Å². The molecule has 0 unspecified atom stereocenters. The molecular weight excluding hydrogens is 134 g/mol. The molecule has 58 valence electrons. The smallest absolute Gasteiger partial charge is 0.0250 e. The Morgan fingerprint density at radius 3 is 2.64 bits per heavy atom. The van der Waals surface area contributed by atoms with Gasteiger partial charge in [0.25, 0.3) is 0 Å². The van der Waals surface area contributed by atoms with E-state index in [2.05, 4.69) is 26.0 Å². The zero-order chi connectivity index (χ0) is 8.27. The maximum Gasteiger partial charge on any atom is 0.0250 e. The fraction of sp³-hybridized carbons (Fsp3) is 0.300. The molecule has 1 aromatic carbocycles. The van der Waals surface area contributed by atoms with E-state index in [-0.39, 0.29) is 0 Å². The van der Waals surface area contributed by atoms with E-state index >= 15 is 0 Å². The summed E-state index contributed by atoms with van der Waals surface area (Å²) in [7, 11) is 0. The summed E-state index contributed by atoms with van der Waals surface area (Å²) in [5, 5.41) is 7.06. The Hall–Kier alpha value is -1.11. The maximum atomic E-state index is 7.06. The van der Waals surface area contributed by atoms with Crippen LogP contribution in [-0.4, -0.2) is 6.21 Å². The molecule has 0 amide bonds. The number of nitrogens with one attached hydrogen (secondary N) is 1. The average Bonchev–Trinajstić information content (AvgIpc) is 2.05. The Morgan fingerprint density at radius 1 is 1.36 bits per heavy atom. The lowest BCUT2D eigenvalue weighted by Crippen LogP contribution is -1.88. The summed E-state index contributed by atoms with van der Waals surface area (Å²) in [4.78, 5) is 0. The lowest BCUT2D eigenvalue weighted by atomic mass is 10.0. The fourth-order valence-electron chi connectivity index (χ4n) is 1.01. The van der Waals surface area contributed by atoms with Gasteiger partial charge in [-0.3, -0.25) is 0 Å². The van der Waals surface area contributed by atoms with Gasteiger partial charge in [0.1, 0.15) is 0 Å². The zero-order valence-electron chi connectivity index (χ0n) is 6.96. The third-order valence-corrected chi connectivity index (χ3v) is 1.74. The molecule has 1 rings (SSSR count). The third-order valence-electron chi connectivity index (χ3n) is 1.74. The van der Waals surface area contributed by atoms with E-state index in [4.69, 9.17) is 5.41 Å². The van der Waals surface area contributed by atoms with Crippen molar-refractivity contribution in [3.8, 4) is 0 Å². The van der Waals surface area contributed by atoms with Gasteiger partial charge in [-0.25, -0.2) is 0 Å². The van der Waals surface area contributed by atoms with Crippen LogP contribution in [0, 0.1) is 5.41 Å². The Balaban J connectivity index is 3.00. The molecule has 0 aliphatic carbocycles. The van der Waals surface area contributed by atoms with Crippen LogP contribution in [0.25, 0.3) is 0 Å². The zero-order valence-corrected chi connectivity index (χ0v) is 6.96. The van der Waals surface area contributed by atoms with Crippen molar-refractivity contribution in [1.82, 2.24) is 0 Å². The summed E-state index contributed by atoms with van der Waals surface area (Å²) < 4.78 is 0. The van der Waals surface area contributed by atoms with Crippen LogP contribution in [0.5, 0.6) is 0 Å². The molecule has 0 bridgehead atoms. The summed E-state index contributed by atoms with van der Waals surface area (Å²) in [6, 6.07) is 8.09. The van der Waals surface area contributed by atoms with Crippen LogP contribution in [0.2, 0.25) is 0 Å². The van der Waals surface area contributed by atoms with Gasteiger partial charge in [0.2, 0.25) is 0 Å². The molecule has 0 aliphatic heterocycles. The third kappa shape index (κ3) is 1.90. The molecule has 1 heteroatoms. The minimum Gasteiger partial charge on any atom is -0.308 e. The van der Waals surface area contributed by atoms with Gasteiger partial charge in [0, 0.05) is 6.21 Å². The molecular formula is C10H13N. The largest absolute Gasteiger partial charge is 0.308 e. The molecule has 0 heterocycles. The van der Waals surface area contributed by atoms with Crippen LogP contribution in [0.4, 0.5) is 0 Å². The summed E-state index contributed by atoms with van der Waals surface area (Å²) >= 11 is 0. The second-order valence-electron chi connectivity index (χ2n) is 2.97. The highest BCUT2D eigenvalue weighted by molar-refractivity contribution is 5.77. The van der Waals surface area contributed by atoms with Crippen LogP contribution in [-0.2, 0) is 0 Å². The molecule has 0 aromatic heterocycles. The molecule has 0 saturated carbocycles. The highest BCUT2D eigenvalue weighted by Gasteiger charge is 1.97. The molecule has 1 aromatic rings. The quantitative estimate of drug-likeness (QED) is 0.622. The lowest BCUT2D eigenvalue weighted by Gasteiger charge is -2.04. The van der Waals surface area contributed by atoms with E-state index in [0.29, 0.717) is 5.92 Å². The van der Waals surface area contributed by atoms with E-state index in [0.717, 1.165) is 5.56 Å². The topological polar surface area (TPSA) is 23.9 Å². The van der Waals surface area contributed by atoms with Gasteiger partial charge >= 0.3 is 0 Å². The summed E-state index contributed by atoms with van der Waals surface area (Å²) in [5.74, 6) is 0.551. The van der Waals surface area contributed by atoms with Crippen molar-refractivity contribution in [1.29, 1.82) is 5.41 Å². The number of hydrogen-bond acceptors (Lipinski definition) is 1. The van der Waals surface area contributed by atoms with Gasteiger partial charge < -0.3 is 5.41 Å². The average molecular weight is 147 g/mol. The predicted molar refractivity (Wildman–Crippen MR) is 48.4 cm³/mol. The molecule has 0 radical (unpaired) electrons. The lowest BCUT2D eigenvalue weighted by molar-refractivity contribution is 0.866. The molecule has 0 fully saturated rings. The molecule has 0 aliphatic rings. The number of benzene rings is 1. The normalized spacial score (nSPS) is 10.1. The monoisotopic (exact) mass is 147 g/mol. The predicted octanol–water partition coefficient (Wildman–Crippen LogP) is 2.81.